The number of nitrogens with zero attached hydrogens (tertiary/aromatic N) is 3. The summed E-state index contributed by atoms with van der Waals surface area (Å²) in [6.07, 6.45) is 4.78. The highest BCUT2D eigenvalue weighted by molar-refractivity contribution is 5.96. The zero-order chi connectivity index (χ0) is 18.6. The number of aromatic nitrogens is 2. The van der Waals surface area contributed by atoms with Crippen molar-refractivity contribution in [3.63, 3.8) is 0 Å². The topological polar surface area (TPSA) is 76.6 Å². The van der Waals surface area contributed by atoms with Gasteiger partial charge >= 0.3 is 0 Å². The van der Waals surface area contributed by atoms with E-state index in [9.17, 15) is 4.79 Å². The van der Waals surface area contributed by atoms with Gasteiger partial charge in [-0.2, -0.15) is 0 Å². The Morgan fingerprint density at radius 3 is 3.00 bits per heavy atom. The summed E-state index contributed by atoms with van der Waals surface area (Å²) in [7, 11) is 1.55. The van der Waals surface area contributed by atoms with Crippen LogP contribution in [-0.4, -0.2) is 49.3 Å². The molecule has 4 rings (SSSR count). The summed E-state index contributed by atoms with van der Waals surface area (Å²) in [6.45, 7) is 3.40. The highest BCUT2D eigenvalue weighted by Crippen LogP contribution is 2.26. The lowest BCUT2D eigenvalue weighted by Gasteiger charge is -2.29. The first-order chi connectivity index (χ1) is 13.3. The molecule has 27 heavy (non-hydrogen) atoms. The molecule has 0 aromatic carbocycles. The monoisotopic (exact) mass is 368 g/mol. The number of anilines is 1. The van der Waals surface area contributed by atoms with Crippen LogP contribution in [0.5, 0.6) is 5.88 Å². The van der Waals surface area contributed by atoms with Crippen LogP contribution in [0, 0.1) is 0 Å². The Morgan fingerprint density at radius 1 is 1.33 bits per heavy atom. The van der Waals surface area contributed by atoms with Crippen LogP contribution in [0.2, 0.25) is 0 Å². The van der Waals surface area contributed by atoms with E-state index in [4.69, 9.17) is 9.47 Å². The predicted molar refractivity (Wildman–Crippen MR) is 101 cm³/mol. The van der Waals surface area contributed by atoms with Crippen LogP contribution < -0.4 is 15.0 Å². The predicted octanol–water partition coefficient (Wildman–Crippen LogP) is 1.74. The molecule has 1 aliphatic carbocycles. The normalized spacial score (nSPS) is 16.1. The van der Waals surface area contributed by atoms with Gasteiger partial charge in [-0.1, -0.05) is 6.07 Å². The van der Waals surface area contributed by atoms with E-state index in [2.05, 4.69) is 20.2 Å². The van der Waals surface area contributed by atoms with Gasteiger partial charge in [-0.25, -0.2) is 9.97 Å². The number of rotatable bonds is 5. The molecule has 142 valence electrons. The summed E-state index contributed by atoms with van der Waals surface area (Å²) < 4.78 is 10.8. The summed E-state index contributed by atoms with van der Waals surface area (Å²) in [5.41, 5.74) is 3.68. The third kappa shape index (κ3) is 3.73. The largest absolute Gasteiger partial charge is 0.480 e. The summed E-state index contributed by atoms with van der Waals surface area (Å²) in [5.74, 6) is 1.12. The number of carbonyl (C=O) groups is 1. The van der Waals surface area contributed by atoms with Gasteiger partial charge in [-0.05, 0) is 37.0 Å². The van der Waals surface area contributed by atoms with Crippen molar-refractivity contribution < 1.29 is 14.3 Å². The van der Waals surface area contributed by atoms with Crippen molar-refractivity contribution >= 4 is 11.7 Å². The minimum absolute atomic E-state index is 0.175. The molecule has 0 unspecified atom stereocenters. The van der Waals surface area contributed by atoms with Crippen LogP contribution in [0.3, 0.4) is 0 Å². The van der Waals surface area contributed by atoms with Gasteiger partial charge < -0.3 is 19.7 Å². The Labute approximate surface area is 158 Å². The lowest BCUT2D eigenvalue weighted by Crippen LogP contribution is -2.37. The molecule has 2 aromatic heterocycles. The van der Waals surface area contributed by atoms with Crippen molar-refractivity contribution in [2.45, 2.75) is 25.8 Å². The summed E-state index contributed by atoms with van der Waals surface area (Å²) >= 11 is 0. The number of pyridine rings is 2. The fraction of sp³-hybridized carbons (Fsp3) is 0.450. The zero-order valence-corrected chi connectivity index (χ0v) is 15.5. The molecule has 1 saturated heterocycles. The number of fused-ring (bicyclic) bond motifs is 1. The summed E-state index contributed by atoms with van der Waals surface area (Å²) in [6, 6.07) is 5.81. The number of aryl methyl sites for hydroxylation is 2. The molecular formula is C20H24N4O3. The lowest BCUT2D eigenvalue weighted by molar-refractivity contribution is 0.0946. The maximum atomic E-state index is 12.8. The van der Waals surface area contributed by atoms with Gasteiger partial charge in [-0.15, -0.1) is 0 Å². The number of carbonyl (C=O) groups excluding carboxylic acids is 1. The number of methoxy groups -OCH3 is 1. The smallest absolute Gasteiger partial charge is 0.257 e. The van der Waals surface area contributed by atoms with E-state index < -0.39 is 0 Å². The molecule has 2 aromatic rings. The molecular weight excluding hydrogens is 344 g/mol. The average molecular weight is 368 g/mol. The Morgan fingerprint density at radius 2 is 2.19 bits per heavy atom. The van der Waals surface area contributed by atoms with Crippen molar-refractivity contribution in [3.05, 3.63) is 46.8 Å². The van der Waals surface area contributed by atoms with Gasteiger partial charge in [0.05, 0.1) is 20.3 Å². The van der Waals surface area contributed by atoms with E-state index in [1.165, 1.54) is 0 Å². The molecule has 3 heterocycles. The third-order valence-electron chi connectivity index (χ3n) is 5.07. The molecule has 1 N–H and O–H groups in total. The highest BCUT2D eigenvalue weighted by Gasteiger charge is 2.22. The fourth-order valence-electron chi connectivity index (χ4n) is 3.67. The van der Waals surface area contributed by atoms with E-state index in [1.807, 2.05) is 18.2 Å². The van der Waals surface area contributed by atoms with Crippen molar-refractivity contribution in [2.24, 2.45) is 0 Å². The number of amides is 1. The van der Waals surface area contributed by atoms with Crippen LogP contribution >= 0.6 is 0 Å². The molecule has 0 spiro atoms. The van der Waals surface area contributed by atoms with Gasteiger partial charge in [-0.3, -0.25) is 4.79 Å². The summed E-state index contributed by atoms with van der Waals surface area (Å²) in [5, 5.41) is 3.00. The second kappa shape index (κ2) is 7.92. The van der Waals surface area contributed by atoms with Crippen molar-refractivity contribution in [2.75, 3.05) is 38.3 Å². The van der Waals surface area contributed by atoms with E-state index in [1.54, 1.807) is 13.3 Å². The number of ether oxygens (including phenoxy) is 2. The van der Waals surface area contributed by atoms with Gasteiger partial charge in [0.2, 0.25) is 5.88 Å². The minimum Gasteiger partial charge on any atom is -0.480 e. The molecule has 1 fully saturated rings. The number of morpholine rings is 1. The van der Waals surface area contributed by atoms with E-state index in [-0.39, 0.29) is 5.91 Å². The molecule has 0 radical (unpaired) electrons. The van der Waals surface area contributed by atoms with Gasteiger partial charge in [0.25, 0.3) is 5.91 Å². The Balaban J connectivity index is 1.50. The average Bonchev–Trinajstić information content (AvgIpc) is 3.19. The second-order valence-electron chi connectivity index (χ2n) is 6.77. The zero-order valence-electron chi connectivity index (χ0n) is 15.5. The first-order valence-electron chi connectivity index (χ1n) is 9.38. The van der Waals surface area contributed by atoms with Crippen LogP contribution in [0.4, 0.5) is 5.82 Å². The molecule has 0 saturated carbocycles. The molecule has 1 aliphatic heterocycles. The van der Waals surface area contributed by atoms with Crippen LogP contribution in [0.25, 0.3) is 0 Å². The third-order valence-corrected chi connectivity index (χ3v) is 5.07. The molecule has 0 atom stereocenters. The quantitative estimate of drug-likeness (QED) is 0.866. The van der Waals surface area contributed by atoms with Gasteiger partial charge in [0.15, 0.2) is 0 Å². The van der Waals surface area contributed by atoms with Crippen LogP contribution in [0.15, 0.2) is 24.4 Å². The van der Waals surface area contributed by atoms with E-state index in [0.29, 0.717) is 31.2 Å². The SMILES string of the molecule is COc1nc2c(cc1C(=O)NCc1cccnc1N1CCOCC1)CCC2. The van der Waals surface area contributed by atoms with Crippen molar-refractivity contribution in [1.29, 1.82) is 0 Å². The Bertz CT molecular complexity index is 834. The molecule has 7 heteroatoms. The van der Waals surface area contributed by atoms with Crippen molar-refractivity contribution in [3.8, 4) is 5.88 Å². The number of hydrogen-bond acceptors (Lipinski definition) is 6. The first kappa shape index (κ1) is 17.7. The molecule has 7 nitrogen and oxygen atoms in total. The van der Waals surface area contributed by atoms with Crippen molar-refractivity contribution in [1.82, 2.24) is 15.3 Å². The molecule has 1 amide bonds. The molecule has 2 aliphatic rings. The highest BCUT2D eigenvalue weighted by atomic mass is 16.5. The fourth-order valence-corrected chi connectivity index (χ4v) is 3.67. The Hall–Kier alpha value is -2.67. The van der Waals surface area contributed by atoms with Crippen LogP contribution in [0.1, 0.15) is 33.6 Å². The van der Waals surface area contributed by atoms with Gasteiger partial charge in [0.1, 0.15) is 11.4 Å². The minimum atomic E-state index is -0.175. The maximum absolute atomic E-state index is 12.8. The second-order valence-corrected chi connectivity index (χ2v) is 6.77. The first-order valence-corrected chi connectivity index (χ1v) is 9.38. The Kier molecular flexibility index (Phi) is 5.20. The van der Waals surface area contributed by atoms with Crippen LogP contribution in [-0.2, 0) is 24.1 Å². The standard InChI is InChI=1S/C20H24N4O3/c1-26-20-16(12-14-4-2-6-17(14)23-20)19(25)22-13-15-5-3-7-21-18(15)24-8-10-27-11-9-24/h3,5,7,12H,2,4,6,8-11,13H2,1H3,(H,22,25). The van der Waals surface area contributed by atoms with Gasteiger partial charge in [0, 0.05) is 37.1 Å². The number of hydrogen-bond donors (Lipinski definition) is 1. The molecule has 0 bridgehead atoms. The van der Waals surface area contributed by atoms with E-state index in [0.717, 1.165) is 55.0 Å². The summed E-state index contributed by atoms with van der Waals surface area (Å²) in [4.78, 5) is 24.0. The maximum Gasteiger partial charge on any atom is 0.257 e. The van der Waals surface area contributed by atoms with E-state index >= 15 is 0 Å². The lowest BCUT2D eigenvalue weighted by atomic mass is 10.1. The number of nitrogens with one attached hydrogen (secondary N) is 1.